The van der Waals surface area contributed by atoms with Gasteiger partial charge in [-0.1, -0.05) is 18.6 Å². The molecular weight excluding hydrogens is 215 g/mol. The van der Waals surface area contributed by atoms with Crippen LogP contribution < -0.4 is 5.73 Å². The molecule has 2 unspecified atom stereocenters. The number of nitrogens with two attached hydrogens (primary N) is 1. The minimum absolute atomic E-state index is 0.0473. The second kappa shape index (κ2) is 5.15. The summed E-state index contributed by atoms with van der Waals surface area (Å²) in [6.45, 7) is 2.02. The first-order chi connectivity index (χ1) is 8.09. The summed E-state index contributed by atoms with van der Waals surface area (Å²) in [4.78, 5) is 2.35. The molecule has 1 aromatic rings. The Morgan fingerprint density at radius 3 is 2.29 bits per heavy atom. The van der Waals surface area contributed by atoms with Crippen molar-refractivity contribution < 1.29 is 4.39 Å². The van der Waals surface area contributed by atoms with E-state index < -0.39 is 0 Å². The van der Waals surface area contributed by atoms with E-state index in [1.807, 2.05) is 19.1 Å². The first-order valence-electron chi connectivity index (χ1n) is 6.32. The number of hydrogen-bond donors (Lipinski definition) is 1. The molecule has 0 amide bonds. The zero-order chi connectivity index (χ0) is 12.4. The summed E-state index contributed by atoms with van der Waals surface area (Å²) in [6.07, 6.45) is 3.81. The highest BCUT2D eigenvalue weighted by atomic mass is 19.1. The molecule has 0 heterocycles. The fourth-order valence-electron chi connectivity index (χ4n) is 2.59. The smallest absolute Gasteiger partial charge is 0.123 e. The van der Waals surface area contributed by atoms with Gasteiger partial charge in [0.15, 0.2) is 0 Å². The highest BCUT2D eigenvalue weighted by Gasteiger charge is 2.30. The molecule has 94 valence electrons. The molecule has 2 nitrogen and oxygen atoms in total. The molecule has 3 heteroatoms. The van der Waals surface area contributed by atoms with Crippen LogP contribution >= 0.6 is 0 Å². The van der Waals surface area contributed by atoms with Gasteiger partial charge in [-0.15, -0.1) is 0 Å². The fourth-order valence-corrected chi connectivity index (χ4v) is 2.59. The number of benzene rings is 1. The van der Waals surface area contributed by atoms with E-state index in [2.05, 4.69) is 11.9 Å². The maximum atomic E-state index is 12.9. The molecule has 0 bridgehead atoms. The van der Waals surface area contributed by atoms with Gasteiger partial charge in [-0.25, -0.2) is 4.39 Å². The van der Waals surface area contributed by atoms with Crippen molar-refractivity contribution in [2.75, 3.05) is 7.05 Å². The van der Waals surface area contributed by atoms with Crippen LogP contribution in [0.3, 0.4) is 0 Å². The zero-order valence-corrected chi connectivity index (χ0v) is 10.6. The van der Waals surface area contributed by atoms with Crippen molar-refractivity contribution >= 4 is 0 Å². The summed E-state index contributed by atoms with van der Waals surface area (Å²) in [5.74, 6) is -0.191. The lowest BCUT2D eigenvalue weighted by atomic mass is 9.88. The number of halogens is 1. The Morgan fingerprint density at radius 1 is 1.29 bits per heavy atom. The summed E-state index contributed by atoms with van der Waals surface area (Å²) in [5, 5.41) is 0. The van der Waals surface area contributed by atoms with Crippen LogP contribution in [0.15, 0.2) is 24.3 Å². The average molecular weight is 236 g/mol. The van der Waals surface area contributed by atoms with Crippen molar-refractivity contribution in [2.45, 2.75) is 44.3 Å². The maximum Gasteiger partial charge on any atom is 0.123 e. The Morgan fingerprint density at radius 2 is 1.88 bits per heavy atom. The van der Waals surface area contributed by atoms with Crippen molar-refractivity contribution in [2.24, 2.45) is 5.73 Å². The lowest BCUT2D eigenvalue weighted by molar-refractivity contribution is 0.0979. The molecule has 17 heavy (non-hydrogen) atoms. The fraction of sp³-hybridized carbons (Fsp3) is 0.571. The van der Waals surface area contributed by atoms with Crippen LogP contribution in [0.2, 0.25) is 0 Å². The largest absolute Gasteiger partial charge is 0.326 e. The lowest BCUT2D eigenvalue weighted by Crippen LogP contribution is -2.45. The van der Waals surface area contributed by atoms with Crippen molar-refractivity contribution in [1.82, 2.24) is 4.90 Å². The van der Waals surface area contributed by atoms with E-state index in [1.165, 1.54) is 31.4 Å². The second-order valence-electron chi connectivity index (χ2n) is 5.11. The van der Waals surface area contributed by atoms with E-state index in [0.717, 1.165) is 5.56 Å². The first-order valence-corrected chi connectivity index (χ1v) is 6.32. The third kappa shape index (κ3) is 2.67. The van der Waals surface area contributed by atoms with E-state index in [-0.39, 0.29) is 17.9 Å². The molecule has 0 radical (unpaired) electrons. The summed E-state index contributed by atoms with van der Waals surface area (Å²) in [7, 11) is 2.13. The number of likely N-dealkylation sites (N-methyl/N-ethyl adjacent to an activating group) is 1. The minimum Gasteiger partial charge on any atom is -0.326 e. The highest BCUT2D eigenvalue weighted by Crippen LogP contribution is 2.32. The van der Waals surface area contributed by atoms with Gasteiger partial charge in [0.25, 0.3) is 0 Å². The van der Waals surface area contributed by atoms with Crippen LogP contribution in [-0.2, 0) is 0 Å². The lowest BCUT2D eigenvalue weighted by Gasteiger charge is -2.41. The van der Waals surface area contributed by atoms with E-state index >= 15 is 0 Å². The van der Waals surface area contributed by atoms with Crippen LogP contribution in [0.4, 0.5) is 4.39 Å². The molecule has 0 spiro atoms. The van der Waals surface area contributed by atoms with Crippen LogP contribution in [-0.4, -0.2) is 24.0 Å². The molecule has 1 aliphatic rings. The number of nitrogens with zero attached hydrogens (tertiary/aromatic N) is 1. The number of hydrogen-bond acceptors (Lipinski definition) is 2. The summed E-state index contributed by atoms with van der Waals surface area (Å²) in [5.41, 5.74) is 7.20. The van der Waals surface area contributed by atoms with Gasteiger partial charge in [-0.05, 0) is 44.5 Å². The molecular formula is C14H21FN2. The molecule has 0 aliphatic heterocycles. The molecule has 1 saturated carbocycles. The van der Waals surface area contributed by atoms with Gasteiger partial charge in [-0.3, -0.25) is 4.90 Å². The van der Waals surface area contributed by atoms with Crippen LogP contribution in [0, 0.1) is 5.82 Å². The Balaban J connectivity index is 2.18. The highest BCUT2D eigenvalue weighted by molar-refractivity contribution is 5.21. The SMILES string of the molecule is CC(N)C(c1ccc(F)cc1)N(C)C1CCC1. The van der Waals surface area contributed by atoms with Crippen molar-refractivity contribution in [3.63, 3.8) is 0 Å². The summed E-state index contributed by atoms with van der Waals surface area (Å²) < 4.78 is 12.9. The quantitative estimate of drug-likeness (QED) is 0.871. The van der Waals surface area contributed by atoms with Gasteiger partial charge in [0.2, 0.25) is 0 Å². The predicted molar refractivity (Wildman–Crippen MR) is 68.2 cm³/mol. The third-order valence-corrected chi connectivity index (χ3v) is 3.80. The Hall–Kier alpha value is -0.930. The molecule has 2 atom stereocenters. The minimum atomic E-state index is -0.191. The Labute approximate surface area is 103 Å². The van der Waals surface area contributed by atoms with Crippen LogP contribution in [0.1, 0.15) is 37.8 Å². The standard InChI is InChI=1S/C14H21FN2/c1-10(16)14(17(2)13-4-3-5-13)11-6-8-12(15)9-7-11/h6-10,13-14H,3-5,16H2,1-2H3. The van der Waals surface area contributed by atoms with Crippen LogP contribution in [0.5, 0.6) is 0 Å². The molecule has 0 aromatic heterocycles. The van der Waals surface area contributed by atoms with Gasteiger partial charge in [0.1, 0.15) is 5.82 Å². The average Bonchev–Trinajstić information content (AvgIpc) is 2.18. The predicted octanol–water partition coefficient (Wildman–Crippen LogP) is 2.70. The molecule has 1 aliphatic carbocycles. The Kier molecular flexibility index (Phi) is 3.79. The maximum absolute atomic E-state index is 12.9. The number of rotatable bonds is 4. The van der Waals surface area contributed by atoms with E-state index in [1.54, 1.807) is 0 Å². The van der Waals surface area contributed by atoms with Gasteiger partial charge in [0.05, 0.1) is 0 Å². The third-order valence-electron chi connectivity index (χ3n) is 3.80. The van der Waals surface area contributed by atoms with Crippen molar-refractivity contribution in [3.05, 3.63) is 35.6 Å². The first kappa shape index (κ1) is 12.5. The molecule has 1 fully saturated rings. The normalized spacial score (nSPS) is 20.1. The van der Waals surface area contributed by atoms with Gasteiger partial charge in [-0.2, -0.15) is 0 Å². The second-order valence-corrected chi connectivity index (χ2v) is 5.11. The monoisotopic (exact) mass is 236 g/mol. The van der Waals surface area contributed by atoms with Crippen LogP contribution in [0.25, 0.3) is 0 Å². The summed E-state index contributed by atoms with van der Waals surface area (Å²) in [6, 6.07) is 7.58. The van der Waals surface area contributed by atoms with Gasteiger partial charge in [0, 0.05) is 18.1 Å². The molecule has 2 rings (SSSR count). The molecule has 2 N–H and O–H groups in total. The zero-order valence-electron chi connectivity index (χ0n) is 10.6. The molecule has 1 aromatic carbocycles. The van der Waals surface area contributed by atoms with Gasteiger partial charge >= 0.3 is 0 Å². The Bertz CT molecular complexity index is 357. The van der Waals surface area contributed by atoms with E-state index in [0.29, 0.717) is 6.04 Å². The summed E-state index contributed by atoms with van der Waals surface area (Å²) >= 11 is 0. The van der Waals surface area contributed by atoms with E-state index in [9.17, 15) is 4.39 Å². The van der Waals surface area contributed by atoms with E-state index in [4.69, 9.17) is 5.73 Å². The topological polar surface area (TPSA) is 29.3 Å². The van der Waals surface area contributed by atoms with Gasteiger partial charge < -0.3 is 5.73 Å². The van der Waals surface area contributed by atoms with Crippen molar-refractivity contribution in [3.8, 4) is 0 Å². The molecule has 0 saturated heterocycles. The van der Waals surface area contributed by atoms with Crippen molar-refractivity contribution in [1.29, 1.82) is 0 Å².